The largest absolute Gasteiger partial charge is 0.497 e. The summed E-state index contributed by atoms with van der Waals surface area (Å²) >= 11 is 0. The molecule has 124 valence electrons. The second kappa shape index (κ2) is 8.14. The van der Waals surface area contributed by atoms with Crippen molar-refractivity contribution < 1.29 is 9.53 Å². The molecule has 1 amide bonds. The van der Waals surface area contributed by atoms with Crippen LogP contribution in [-0.4, -0.2) is 31.0 Å². The summed E-state index contributed by atoms with van der Waals surface area (Å²) in [6.45, 7) is 2.45. The molecule has 0 heterocycles. The SMILES string of the molecule is COc1cccc(CN(C)[C@H](C)C(=O)Nc2ccccc2C#N)c1. The molecule has 24 heavy (non-hydrogen) atoms. The maximum atomic E-state index is 12.4. The molecule has 0 saturated heterocycles. The van der Waals surface area contributed by atoms with Crippen LogP contribution in [0.15, 0.2) is 48.5 Å². The second-order valence-corrected chi connectivity index (χ2v) is 5.59. The van der Waals surface area contributed by atoms with Crippen molar-refractivity contribution in [3.8, 4) is 11.8 Å². The molecule has 0 saturated carbocycles. The van der Waals surface area contributed by atoms with Crippen LogP contribution in [0.3, 0.4) is 0 Å². The molecule has 0 aliphatic rings. The molecule has 1 atom stereocenters. The van der Waals surface area contributed by atoms with E-state index in [0.717, 1.165) is 11.3 Å². The fourth-order valence-corrected chi connectivity index (χ4v) is 2.32. The van der Waals surface area contributed by atoms with E-state index in [4.69, 9.17) is 10.00 Å². The van der Waals surface area contributed by atoms with Crippen LogP contribution in [0.1, 0.15) is 18.1 Å². The molecule has 1 N–H and O–H groups in total. The van der Waals surface area contributed by atoms with Gasteiger partial charge in [-0.1, -0.05) is 24.3 Å². The van der Waals surface area contributed by atoms with Crippen LogP contribution in [0.5, 0.6) is 5.75 Å². The van der Waals surface area contributed by atoms with Gasteiger partial charge in [-0.15, -0.1) is 0 Å². The average molecular weight is 323 g/mol. The van der Waals surface area contributed by atoms with Gasteiger partial charge in [0.1, 0.15) is 11.8 Å². The highest BCUT2D eigenvalue weighted by Crippen LogP contribution is 2.17. The number of methoxy groups -OCH3 is 1. The molecule has 5 heteroatoms. The zero-order valence-electron chi connectivity index (χ0n) is 14.1. The molecule has 2 aromatic rings. The van der Waals surface area contributed by atoms with E-state index < -0.39 is 0 Å². The monoisotopic (exact) mass is 323 g/mol. The second-order valence-electron chi connectivity index (χ2n) is 5.59. The predicted molar refractivity (Wildman–Crippen MR) is 93.7 cm³/mol. The van der Waals surface area contributed by atoms with Crippen molar-refractivity contribution >= 4 is 11.6 Å². The van der Waals surface area contributed by atoms with E-state index in [-0.39, 0.29) is 11.9 Å². The molecule has 2 rings (SSSR count). The Morgan fingerprint density at radius 3 is 2.75 bits per heavy atom. The number of likely N-dealkylation sites (N-methyl/N-ethyl adjacent to an activating group) is 1. The van der Waals surface area contributed by atoms with Crippen molar-refractivity contribution in [1.82, 2.24) is 4.90 Å². The zero-order valence-corrected chi connectivity index (χ0v) is 14.1. The van der Waals surface area contributed by atoms with E-state index in [9.17, 15) is 4.79 Å². The Balaban J connectivity index is 2.03. The lowest BCUT2D eigenvalue weighted by Crippen LogP contribution is -2.39. The summed E-state index contributed by atoms with van der Waals surface area (Å²) in [5.74, 6) is 0.643. The van der Waals surface area contributed by atoms with Gasteiger partial charge < -0.3 is 10.1 Å². The van der Waals surface area contributed by atoms with Gasteiger partial charge in [0.15, 0.2) is 0 Å². The normalized spacial score (nSPS) is 11.6. The molecule has 5 nitrogen and oxygen atoms in total. The zero-order chi connectivity index (χ0) is 17.5. The number of amides is 1. The van der Waals surface area contributed by atoms with E-state index in [1.54, 1.807) is 31.4 Å². The van der Waals surface area contributed by atoms with Crippen LogP contribution >= 0.6 is 0 Å². The highest BCUT2D eigenvalue weighted by Gasteiger charge is 2.19. The van der Waals surface area contributed by atoms with Crippen molar-refractivity contribution in [2.45, 2.75) is 19.5 Å². The lowest BCUT2D eigenvalue weighted by Gasteiger charge is -2.24. The number of benzene rings is 2. The van der Waals surface area contributed by atoms with Crippen molar-refractivity contribution in [3.05, 3.63) is 59.7 Å². The van der Waals surface area contributed by atoms with E-state index in [0.29, 0.717) is 17.8 Å². The van der Waals surface area contributed by atoms with Crippen molar-refractivity contribution in [2.24, 2.45) is 0 Å². The highest BCUT2D eigenvalue weighted by atomic mass is 16.5. The molecule has 2 aromatic carbocycles. The quantitative estimate of drug-likeness (QED) is 0.887. The van der Waals surface area contributed by atoms with Gasteiger partial charge in [0, 0.05) is 6.54 Å². The average Bonchev–Trinajstić information content (AvgIpc) is 2.61. The number of carbonyl (C=O) groups excluding carboxylic acids is 1. The minimum Gasteiger partial charge on any atom is -0.497 e. The molecule has 0 bridgehead atoms. The predicted octanol–water partition coefficient (Wildman–Crippen LogP) is 3.03. The lowest BCUT2D eigenvalue weighted by molar-refractivity contribution is -0.120. The Hall–Kier alpha value is -2.84. The Bertz CT molecular complexity index is 752. The number of hydrogen-bond donors (Lipinski definition) is 1. The first-order chi connectivity index (χ1) is 11.5. The summed E-state index contributed by atoms with van der Waals surface area (Å²) in [5, 5.41) is 11.9. The van der Waals surface area contributed by atoms with E-state index in [1.165, 1.54) is 0 Å². The molecule has 0 spiro atoms. The summed E-state index contributed by atoms with van der Waals surface area (Å²) in [5.41, 5.74) is 2.05. The summed E-state index contributed by atoms with van der Waals surface area (Å²) in [7, 11) is 3.52. The summed E-state index contributed by atoms with van der Waals surface area (Å²) in [6.07, 6.45) is 0. The van der Waals surface area contributed by atoms with Crippen LogP contribution in [-0.2, 0) is 11.3 Å². The van der Waals surface area contributed by atoms with Crippen molar-refractivity contribution in [1.29, 1.82) is 5.26 Å². The number of nitrogens with one attached hydrogen (secondary N) is 1. The standard InChI is InChI=1S/C19H21N3O2/c1-14(19(23)21-18-10-5-4-8-16(18)12-20)22(2)13-15-7-6-9-17(11-15)24-3/h4-11,14H,13H2,1-3H3,(H,21,23)/t14-/m1/s1. The first-order valence-electron chi connectivity index (χ1n) is 7.68. The van der Waals surface area contributed by atoms with E-state index in [1.807, 2.05) is 43.1 Å². The van der Waals surface area contributed by atoms with Crippen molar-refractivity contribution in [2.75, 3.05) is 19.5 Å². The van der Waals surface area contributed by atoms with Crippen LogP contribution < -0.4 is 10.1 Å². The molecular formula is C19H21N3O2. The highest BCUT2D eigenvalue weighted by molar-refractivity contribution is 5.95. The number of carbonyl (C=O) groups is 1. The number of anilines is 1. The molecule has 0 aliphatic heterocycles. The Kier molecular flexibility index (Phi) is 5.94. The first-order valence-corrected chi connectivity index (χ1v) is 7.68. The smallest absolute Gasteiger partial charge is 0.241 e. The van der Waals surface area contributed by atoms with Crippen molar-refractivity contribution in [3.63, 3.8) is 0 Å². The van der Waals surface area contributed by atoms with Gasteiger partial charge >= 0.3 is 0 Å². The van der Waals surface area contributed by atoms with Gasteiger partial charge in [-0.2, -0.15) is 5.26 Å². The molecule has 0 fully saturated rings. The number of nitriles is 1. The van der Waals surface area contributed by atoms with Gasteiger partial charge in [0.2, 0.25) is 5.91 Å². The number of para-hydroxylation sites is 1. The number of rotatable bonds is 6. The number of nitrogens with zero attached hydrogens (tertiary/aromatic N) is 2. The maximum Gasteiger partial charge on any atom is 0.241 e. The number of ether oxygens (including phenoxy) is 1. The van der Waals surface area contributed by atoms with Gasteiger partial charge in [-0.3, -0.25) is 9.69 Å². The number of hydrogen-bond acceptors (Lipinski definition) is 4. The van der Waals surface area contributed by atoms with Crippen LogP contribution in [0.25, 0.3) is 0 Å². The minimum absolute atomic E-state index is 0.150. The Morgan fingerprint density at radius 1 is 1.29 bits per heavy atom. The van der Waals surface area contributed by atoms with Gasteiger partial charge in [-0.05, 0) is 43.8 Å². The summed E-state index contributed by atoms with van der Waals surface area (Å²) < 4.78 is 5.22. The summed E-state index contributed by atoms with van der Waals surface area (Å²) in [6, 6.07) is 16.5. The Labute approximate surface area is 142 Å². The third-order valence-corrected chi connectivity index (χ3v) is 3.91. The fourth-order valence-electron chi connectivity index (χ4n) is 2.32. The molecule has 0 aromatic heterocycles. The minimum atomic E-state index is -0.344. The molecular weight excluding hydrogens is 302 g/mol. The van der Waals surface area contributed by atoms with Crippen LogP contribution in [0.2, 0.25) is 0 Å². The van der Waals surface area contributed by atoms with Crippen LogP contribution in [0, 0.1) is 11.3 Å². The third kappa shape index (κ3) is 4.34. The lowest BCUT2D eigenvalue weighted by atomic mass is 10.1. The topological polar surface area (TPSA) is 65.4 Å². The summed E-state index contributed by atoms with van der Waals surface area (Å²) in [4.78, 5) is 14.4. The molecule has 0 unspecified atom stereocenters. The molecule has 0 radical (unpaired) electrons. The third-order valence-electron chi connectivity index (χ3n) is 3.91. The first kappa shape index (κ1) is 17.5. The maximum absolute atomic E-state index is 12.4. The van der Waals surface area contributed by atoms with Gasteiger partial charge in [0.25, 0.3) is 0 Å². The van der Waals surface area contributed by atoms with Gasteiger partial charge in [-0.25, -0.2) is 0 Å². The van der Waals surface area contributed by atoms with Crippen LogP contribution in [0.4, 0.5) is 5.69 Å². The molecule has 0 aliphatic carbocycles. The van der Waals surface area contributed by atoms with E-state index in [2.05, 4.69) is 11.4 Å². The fraction of sp³-hybridized carbons (Fsp3) is 0.263. The van der Waals surface area contributed by atoms with Gasteiger partial charge in [0.05, 0.1) is 24.4 Å². The Morgan fingerprint density at radius 2 is 2.04 bits per heavy atom. The van der Waals surface area contributed by atoms with E-state index >= 15 is 0 Å².